The largest absolute Gasteiger partial charge is 0.508 e. The molecule has 9 unspecified atom stereocenters. The number of nitrogens with zero attached hydrogens (tertiary/aromatic N) is 2. The lowest BCUT2D eigenvalue weighted by atomic mass is 9.74. The van der Waals surface area contributed by atoms with E-state index in [1.165, 1.54) is 97.1 Å². The topological polar surface area (TPSA) is 422 Å². The van der Waals surface area contributed by atoms with Gasteiger partial charge < -0.3 is 76.3 Å². The van der Waals surface area contributed by atoms with Crippen LogP contribution in [0.4, 0.5) is 16.2 Å². The number of allylic oxidation sites excluding steroid dienone is 9. The predicted molar refractivity (Wildman–Crippen MR) is 401 cm³/mol. The van der Waals surface area contributed by atoms with Crippen molar-refractivity contribution in [1.29, 1.82) is 0 Å². The summed E-state index contributed by atoms with van der Waals surface area (Å²) in [6, 6.07) is 27.7. The van der Waals surface area contributed by atoms with Gasteiger partial charge in [-0.05, 0) is 127 Å². The van der Waals surface area contributed by atoms with Gasteiger partial charge in [-0.2, -0.15) is 16.8 Å². The van der Waals surface area contributed by atoms with Gasteiger partial charge in [0.05, 0.1) is 45.2 Å². The van der Waals surface area contributed by atoms with E-state index in [2.05, 4.69) is 49.0 Å². The summed E-state index contributed by atoms with van der Waals surface area (Å²) in [5.41, 5.74) is 3.97. The number of fused-ring (bicyclic) bond motifs is 7. The first-order valence-corrected chi connectivity index (χ1v) is 36.3. The van der Waals surface area contributed by atoms with Crippen LogP contribution >= 0.6 is 36.2 Å². The highest BCUT2D eigenvalue weighted by atomic mass is 32.2. The fraction of sp³-hybridized carbons (Fsp3) is 0.228. The smallest absolute Gasteiger partial charge is 0.363 e. The molecule has 5 amide bonds. The first-order valence-electron chi connectivity index (χ1n) is 34.5. The summed E-state index contributed by atoms with van der Waals surface area (Å²) in [4.78, 5) is 141. The van der Waals surface area contributed by atoms with E-state index >= 15 is 0 Å². The number of anilines is 1. The summed E-state index contributed by atoms with van der Waals surface area (Å²) < 4.78 is 17.6. The van der Waals surface area contributed by atoms with E-state index in [9.17, 15) is 83.4 Å². The number of thioether (sulfide) groups is 1. The maximum Gasteiger partial charge on any atom is 0.363 e. The summed E-state index contributed by atoms with van der Waals surface area (Å²) in [6.45, 7) is 0.745. The lowest BCUT2D eigenvalue weighted by molar-refractivity contribution is -0.172. The van der Waals surface area contributed by atoms with Crippen molar-refractivity contribution in [3.8, 4) is 34.5 Å². The number of isothiocyanates is 1. The second-order valence-electron chi connectivity index (χ2n) is 26.5. The van der Waals surface area contributed by atoms with Crippen molar-refractivity contribution in [1.82, 2.24) is 26.3 Å². The molecule has 9 aliphatic rings. The number of hydroxylamine groups is 2. The van der Waals surface area contributed by atoms with Gasteiger partial charge >= 0.3 is 29.9 Å². The minimum absolute atomic E-state index is 0.00940. The van der Waals surface area contributed by atoms with Crippen molar-refractivity contribution in [3.05, 3.63) is 237 Å². The zero-order valence-electron chi connectivity index (χ0n) is 57.6. The SMILES string of the molecule is O=C1C=CC2C(=C1)Oc1cc(O)ccc1C2c1ccc(C(=O)ON2C(=O)CCC2=O)cc1C(=O)O.O=C1C=CC2C(=C1)Oc1cc(O)ccc1C2c1ccc(N=C=S)cc1C(=O)O.O=C1C=CC2C(=C1)Oc1cc(O)ccc1C2c1ccc(NC(=S)NCCNC(=O)CCCCC2SCC3NC(=O)NC32)cc1C(=O)O. The lowest BCUT2D eigenvalue weighted by Crippen LogP contribution is -2.37. The Bertz CT molecular complexity index is 5180. The minimum Gasteiger partial charge on any atom is -0.508 e. The summed E-state index contributed by atoms with van der Waals surface area (Å²) in [6.07, 6.45) is 16.3. The van der Waals surface area contributed by atoms with Gasteiger partial charge in [0.15, 0.2) is 22.5 Å². The number of thiocarbonyl (C=S) groups is 2. The number of urea groups is 1. The van der Waals surface area contributed by atoms with E-state index in [-0.39, 0.29) is 110 Å². The van der Waals surface area contributed by atoms with Crippen molar-refractivity contribution in [2.24, 2.45) is 22.7 Å². The van der Waals surface area contributed by atoms with Gasteiger partial charge in [0.25, 0.3) is 11.8 Å². The number of aliphatic imine (C=N–C) groups is 1. The quantitative estimate of drug-likeness (QED) is 0.0125. The second-order valence-corrected chi connectivity index (χ2v) is 28.3. The highest BCUT2D eigenvalue weighted by molar-refractivity contribution is 8.00. The van der Waals surface area contributed by atoms with Gasteiger partial charge in [-0.3, -0.25) is 28.8 Å². The molecule has 6 aromatic carbocycles. The molecule has 0 spiro atoms. The van der Waals surface area contributed by atoms with Crippen LogP contribution in [0, 0.1) is 17.8 Å². The molecule has 0 radical (unpaired) electrons. The number of carboxylic acid groups (broad SMARTS) is 3. The number of carbonyl (C=O) groups is 11. The number of imide groups is 1. The van der Waals surface area contributed by atoms with Gasteiger partial charge in [-0.25, -0.2) is 24.0 Å². The standard InChI is InChI=1S/C33H35N5O7S2.C25H17NO9.C21H13NO5S/c39-18-6-9-21-25(14-18)45-26-15-19(40)7-10-22(26)29(21)20-8-5-17(13-23(20)31(42)43)36-33(46)35-12-11-34-28(41)4-2-1-3-27-30-24(16-47-27)37-32(44)38-30;27-13-2-5-16-19(10-13)34-20-11-14(28)3-6-17(20)23(16)15-4-1-12(9-18(15)24(31)32)25(33)35-26-21(29)7-8-22(26)30;23-12-2-5-15-18(8-12)27-19-9-13(24)3-6-16(19)20(15)14-4-1-11(22-10-28)7-17(14)21(25)26/h5-10,13-15,21,24,27,29-30,40H,1-4,11-12,16H2,(H,34,41)(H,42,43)(H2,35,36,46)(H2,37,38,44);1-6,9-11,16,23,28H,7-8H2,(H,31,32);1-9,15,20,24H,(H,25,26). The number of aromatic carboxylic acids is 3. The van der Waals surface area contributed by atoms with E-state index in [0.29, 0.717) is 103 Å². The zero-order valence-corrected chi connectivity index (χ0v) is 60.0. The molecule has 9 atom stereocenters. The molecular weight excluding hydrogens is 1480 g/mol. The molecule has 110 heavy (non-hydrogen) atoms. The average molecular weight is 1540 g/mol. The maximum absolute atomic E-state index is 12.6. The Morgan fingerprint density at radius 1 is 0.573 bits per heavy atom. The Kier molecular flexibility index (Phi) is 22.2. The van der Waals surface area contributed by atoms with Crippen molar-refractivity contribution in [2.45, 2.75) is 73.6 Å². The fourth-order valence-electron chi connectivity index (χ4n) is 14.6. The first kappa shape index (κ1) is 75.4. The highest BCUT2D eigenvalue weighted by Crippen LogP contribution is 2.53. The molecule has 11 N–H and O–H groups in total. The molecule has 0 saturated carbocycles. The number of phenolic OH excluding ortho intramolecular Hbond substituents is 3. The molecule has 31 heteroatoms. The van der Waals surface area contributed by atoms with Crippen LogP contribution in [-0.2, 0) is 33.6 Å². The molecule has 6 aliphatic heterocycles. The highest BCUT2D eigenvalue weighted by Gasteiger charge is 2.45. The summed E-state index contributed by atoms with van der Waals surface area (Å²) >= 11 is 11.9. The number of nitrogens with one attached hydrogen (secondary N) is 5. The third-order valence-electron chi connectivity index (χ3n) is 19.5. The van der Waals surface area contributed by atoms with E-state index < -0.39 is 65.3 Å². The number of amides is 5. The van der Waals surface area contributed by atoms with Gasteiger partial charge in [0.1, 0.15) is 51.8 Å². The number of ether oxygens (including phenoxy) is 3. The summed E-state index contributed by atoms with van der Waals surface area (Å²) in [7, 11) is 0. The molecule has 6 aromatic rings. The third kappa shape index (κ3) is 16.4. The number of aromatic hydroxyl groups is 3. The van der Waals surface area contributed by atoms with Gasteiger partial charge in [0.2, 0.25) is 5.91 Å². The second kappa shape index (κ2) is 32.3. The first-order chi connectivity index (χ1) is 52.9. The van der Waals surface area contributed by atoms with Crippen molar-refractivity contribution >= 4 is 123 Å². The van der Waals surface area contributed by atoms with E-state index in [1.807, 2.05) is 11.8 Å². The van der Waals surface area contributed by atoms with Gasteiger partial charge in [-0.1, -0.05) is 61.0 Å². The van der Waals surface area contributed by atoms with E-state index in [1.54, 1.807) is 60.7 Å². The Morgan fingerprint density at radius 3 is 1.54 bits per heavy atom. The summed E-state index contributed by atoms with van der Waals surface area (Å²) in [5.74, 6) is -6.54. The lowest BCUT2D eigenvalue weighted by Gasteiger charge is -2.35. The van der Waals surface area contributed by atoms with Crippen LogP contribution in [-0.4, -0.2) is 147 Å². The molecular formula is C79H65N7O21S3. The Labute approximate surface area is 639 Å². The predicted octanol–water partition coefficient (Wildman–Crippen LogP) is 9.84. The molecule has 6 heterocycles. The van der Waals surface area contributed by atoms with Crippen LogP contribution < -0.4 is 40.8 Å². The normalized spacial score (nSPS) is 21.7. The van der Waals surface area contributed by atoms with Crippen molar-refractivity contribution in [2.75, 3.05) is 24.2 Å². The number of ketones is 3. The number of benzene rings is 6. The van der Waals surface area contributed by atoms with Crippen LogP contribution in [0.1, 0.15) is 131 Å². The average Bonchev–Trinajstić information content (AvgIpc) is 1.73. The van der Waals surface area contributed by atoms with Crippen LogP contribution in [0.5, 0.6) is 34.5 Å². The minimum atomic E-state index is -1.32. The van der Waals surface area contributed by atoms with Crippen LogP contribution in [0.25, 0.3) is 0 Å². The number of phenols is 3. The Balaban J connectivity index is 0.000000150. The van der Waals surface area contributed by atoms with Crippen LogP contribution in [0.15, 0.2) is 186 Å². The van der Waals surface area contributed by atoms with E-state index in [4.69, 9.17) is 31.3 Å². The summed E-state index contributed by atoms with van der Waals surface area (Å²) in [5, 5.41) is 77.8. The van der Waals surface area contributed by atoms with Gasteiger partial charge in [-0.15, -0.1) is 5.06 Å². The number of rotatable bonds is 18. The molecule has 0 aromatic heterocycles. The van der Waals surface area contributed by atoms with E-state index in [0.717, 1.165) is 31.1 Å². The molecule has 28 nitrogen and oxygen atoms in total. The molecule has 15 rings (SSSR count). The monoisotopic (exact) mass is 1540 g/mol. The number of carbonyl (C=O) groups excluding carboxylic acids is 8. The van der Waals surface area contributed by atoms with Crippen molar-refractivity contribution in [3.63, 3.8) is 0 Å². The molecule has 3 fully saturated rings. The third-order valence-corrected chi connectivity index (χ3v) is 21.3. The fourth-order valence-corrected chi connectivity index (χ4v) is 16.4. The molecule has 3 saturated heterocycles. The zero-order chi connectivity index (χ0) is 77.8. The van der Waals surface area contributed by atoms with Crippen LogP contribution in [0.2, 0.25) is 0 Å². The van der Waals surface area contributed by atoms with Crippen LogP contribution in [0.3, 0.4) is 0 Å². The Hall–Kier alpha value is -12.8. The molecule has 0 bridgehead atoms. The maximum atomic E-state index is 12.6. The molecule has 3 aliphatic carbocycles. The van der Waals surface area contributed by atoms with Crippen molar-refractivity contribution < 1.29 is 102 Å². The number of carboxylic acids is 3. The van der Waals surface area contributed by atoms with Gasteiger partial charge in [0, 0.05) is 138 Å². The number of unbranched alkanes of at least 4 members (excludes halogenated alkanes) is 1. The Morgan fingerprint density at radius 2 is 1.04 bits per heavy atom. The molecule has 560 valence electrons. The number of hydrogen-bond acceptors (Lipinski definition) is 22. The number of hydrogen-bond donors (Lipinski definition) is 11.